The van der Waals surface area contributed by atoms with Gasteiger partial charge in [0.15, 0.2) is 0 Å². The number of benzene rings is 3. The Bertz CT molecular complexity index is 891. The van der Waals surface area contributed by atoms with Crippen LogP contribution in [0.1, 0.15) is 68.2 Å². The first-order valence-corrected chi connectivity index (χ1v) is 11.6. The molecule has 0 aliphatic carbocycles. The van der Waals surface area contributed by atoms with E-state index in [0.717, 1.165) is 43.2 Å². The van der Waals surface area contributed by atoms with Gasteiger partial charge in [-0.2, -0.15) is 0 Å². The fraction of sp³-hybridized carbons (Fsp3) is 0.379. The summed E-state index contributed by atoms with van der Waals surface area (Å²) < 4.78 is 14.6. The van der Waals surface area contributed by atoms with E-state index < -0.39 is 0 Å². The van der Waals surface area contributed by atoms with E-state index in [9.17, 15) is 4.39 Å². The van der Waals surface area contributed by atoms with Crippen molar-refractivity contribution >= 4 is 0 Å². The van der Waals surface area contributed by atoms with Crippen LogP contribution in [0.5, 0.6) is 0 Å². The van der Waals surface area contributed by atoms with Gasteiger partial charge in [0.05, 0.1) is 0 Å². The highest BCUT2D eigenvalue weighted by molar-refractivity contribution is 5.64. The van der Waals surface area contributed by atoms with Gasteiger partial charge < -0.3 is 0 Å². The molecule has 158 valence electrons. The lowest BCUT2D eigenvalue weighted by atomic mass is 9.98. The van der Waals surface area contributed by atoms with Crippen LogP contribution in [0.4, 0.5) is 4.39 Å². The summed E-state index contributed by atoms with van der Waals surface area (Å²) in [6.07, 6.45) is 10.3. The zero-order chi connectivity index (χ0) is 21.2. The van der Waals surface area contributed by atoms with Crippen molar-refractivity contribution in [3.8, 4) is 11.1 Å². The first-order chi connectivity index (χ1) is 14.7. The van der Waals surface area contributed by atoms with Crippen molar-refractivity contribution in [3.05, 3.63) is 94.8 Å². The molecular formula is C29H35F. The Kier molecular flexibility index (Phi) is 8.68. The molecule has 0 saturated heterocycles. The third kappa shape index (κ3) is 6.55. The number of rotatable bonds is 11. The average molecular weight is 403 g/mol. The third-order valence-electron chi connectivity index (χ3n) is 5.91. The Balaban J connectivity index is 1.56. The van der Waals surface area contributed by atoms with E-state index in [4.69, 9.17) is 0 Å². The van der Waals surface area contributed by atoms with Crippen LogP contribution in [0, 0.1) is 5.82 Å². The van der Waals surface area contributed by atoms with Crippen molar-refractivity contribution < 1.29 is 4.39 Å². The van der Waals surface area contributed by atoms with Gasteiger partial charge >= 0.3 is 0 Å². The summed E-state index contributed by atoms with van der Waals surface area (Å²) in [6, 6.07) is 23.2. The Hall–Kier alpha value is -2.41. The Morgan fingerprint density at radius 1 is 0.533 bits per heavy atom. The molecule has 0 unspecified atom stereocenters. The van der Waals surface area contributed by atoms with E-state index in [0.29, 0.717) is 5.56 Å². The van der Waals surface area contributed by atoms with Crippen molar-refractivity contribution in [2.75, 3.05) is 0 Å². The molecule has 0 nitrogen and oxygen atoms in total. The second-order valence-corrected chi connectivity index (χ2v) is 8.39. The number of aryl methyl sites for hydroxylation is 4. The fourth-order valence-corrected chi connectivity index (χ4v) is 3.92. The number of hydrogen-bond donors (Lipinski definition) is 0. The molecule has 0 fully saturated rings. The minimum atomic E-state index is -0.115. The molecular weight excluding hydrogens is 367 g/mol. The molecule has 0 radical (unpaired) electrons. The van der Waals surface area contributed by atoms with E-state index in [-0.39, 0.29) is 5.82 Å². The first kappa shape index (κ1) is 22.3. The second-order valence-electron chi connectivity index (χ2n) is 8.39. The van der Waals surface area contributed by atoms with Crippen molar-refractivity contribution in [1.29, 1.82) is 0 Å². The quantitative estimate of drug-likeness (QED) is 0.283. The van der Waals surface area contributed by atoms with Gasteiger partial charge in [0, 0.05) is 5.56 Å². The molecule has 0 N–H and O–H groups in total. The van der Waals surface area contributed by atoms with Gasteiger partial charge in [0.25, 0.3) is 0 Å². The number of unbranched alkanes of at least 4 members (excludes halogenated alkanes) is 3. The highest BCUT2D eigenvalue weighted by atomic mass is 19.1. The summed E-state index contributed by atoms with van der Waals surface area (Å²) in [6.45, 7) is 4.41. The second kappa shape index (κ2) is 11.7. The Morgan fingerprint density at radius 3 is 1.60 bits per heavy atom. The van der Waals surface area contributed by atoms with Gasteiger partial charge in [-0.1, -0.05) is 93.8 Å². The molecule has 0 spiro atoms. The van der Waals surface area contributed by atoms with Crippen LogP contribution in [-0.4, -0.2) is 0 Å². The van der Waals surface area contributed by atoms with Gasteiger partial charge in [-0.15, -0.1) is 0 Å². The van der Waals surface area contributed by atoms with Crippen molar-refractivity contribution in [1.82, 2.24) is 0 Å². The van der Waals surface area contributed by atoms with Crippen LogP contribution in [0.2, 0.25) is 0 Å². The summed E-state index contributed by atoms with van der Waals surface area (Å²) in [5.74, 6) is -0.115. The van der Waals surface area contributed by atoms with E-state index in [1.165, 1.54) is 42.4 Å². The summed E-state index contributed by atoms with van der Waals surface area (Å²) in [5.41, 5.74) is 6.86. The molecule has 0 aromatic heterocycles. The smallest absolute Gasteiger partial charge is 0.131 e. The third-order valence-corrected chi connectivity index (χ3v) is 5.91. The molecule has 3 aromatic carbocycles. The van der Waals surface area contributed by atoms with E-state index in [1.54, 1.807) is 6.07 Å². The van der Waals surface area contributed by atoms with Crippen LogP contribution in [0.15, 0.2) is 66.7 Å². The number of hydrogen-bond acceptors (Lipinski definition) is 0. The van der Waals surface area contributed by atoms with E-state index in [1.807, 2.05) is 6.07 Å². The maximum Gasteiger partial charge on any atom is 0.131 e. The molecule has 3 aromatic rings. The molecule has 0 saturated carbocycles. The molecule has 3 rings (SSSR count). The van der Waals surface area contributed by atoms with Gasteiger partial charge in [0.2, 0.25) is 0 Å². The monoisotopic (exact) mass is 402 g/mol. The minimum absolute atomic E-state index is 0.115. The highest BCUT2D eigenvalue weighted by Crippen LogP contribution is 2.25. The fourth-order valence-electron chi connectivity index (χ4n) is 3.92. The summed E-state index contributed by atoms with van der Waals surface area (Å²) in [5, 5.41) is 0. The SMILES string of the molecule is CCCCCc1ccc(CCc2ccc(-c3ccc(CCCC)cc3F)cc2)cc1. The standard InChI is InChI=1S/C29H35F/c1-3-5-7-9-23-10-12-24(13-11-23)14-15-25-16-19-27(20-17-25)28-21-18-26(8-6-4-2)22-29(28)30/h10-13,16-22H,3-9,14-15H2,1-2H3. The van der Waals surface area contributed by atoms with Crippen LogP contribution < -0.4 is 0 Å². The maximum atomic E-state index is 14.6. The van der Waals surface area contributed by atoms with Gasteiger partial charge in [-0.05, 0) is 72.4 Å². The van der Waals surface area contributed by atoms with Crippen molar-refractivity contribution in [2.24, 2.45) is 0 Å². The van der Waals surface area contributed by atoms with Crippen LogP contribution in [-0.2, 0) is 25.7 Å². The molecule has 30 heavy (non-hydrogen) atoms. The van der Waals surface area contributed by atoms with E-state index >= 15 is 0 Å². The van der Waals surface area contributed by atoms with Gasteiger partial charge in [-0.3, -0.25) is 0 Å². The summed E-state index contributed by atoms with van der Waals surface area (Å²) >= 11 is 0. The molecule has 0 aliphatic heterocycles. The zero-order valence-electron chi connectivity index (χ0n) is 18.6. The van der Waals surface area contributed by atoms with Crippen LogP contribution in [0.25, 0.3) is 11.1 Å². The Morgan fingerprint density at radius 2 is 1.03 bits per heavy atom. The molecule has 1 heteroatoms. The summed E-state index contributed by atoms with van der Waals surface area (Å²) in [7, 11) is 0. The molecule has 0 atom stereocenters. The molecule has 0 bridgehead atoms. The minimum Gasteiger partial charge on any atom is -0.206 e. The van der Waals surface area contributed by atoms with Gasteiger partial charge in [-0.25, -0.2) is 4.39 Å². The predicted molar refractivity (Wildman–Crippen MR) is 128 cm³/mol. The zero-order valence-corrected chi connectivity index (χ0v) is 18.6. The Labute approximate surface area is 182 Å². The molecule has 0 aliphatic rings. The normalized spacial score (nSPS) is 11.0. The van der Waals surface area contributed by atoms with Crippen LogP contribution >= 0.6 is 0 Å². The first-order valence-electron chi connectivity index (χ1n) is 11.6. The number of halogens is 1. The molecule has 0 heterocycles. The van der Waals surface area contributed by atoms with E-state index in [2.05, 4.69) is 68.4 Å². The summed E-state index contributed by atoms with van der Waals surface area (Å²) in [4.78, 5) is 0. The highest BCUT2D eigenvalue weighted by Gasteiger charge is 2.07. The van der Waals surface area contributed by atoms with Crippen LogP contribution in [0.3, 0.4) is 0 Å². The lowest BCUT2D eigenvalue weighted by molar-refractivity contribution is 0.627. The largest absolute Gasteiger partial charge is 0.206 e. The predicted octanol–water partition coefficient (Wildman–Crippen LogP) is 8.35. The van der Waals surface area contributed by atoms with Crippen molar-refractivity contribution in [3.63, 3.8) is 0 Å². The lowest BCUT2D eigenvalue weighted by Gasteiger charge is -2.08. The molecule has 0 amide bonds. The topological polar surface area (TPSA) is 0 Å². The lowest BCUT2D eigenvalue weighted by Crippen LogP contribution is -1.93. The average Bonchev–Trinajstić information content (AvgIpc) is 2.78. The van der Waals surface area contributed by atoms with Gasteiger partial charge in [0.1, 0.15) is 5.82 Å². The van der Waals surface area contributed by atoms with Crippen molar-refractivity contribution in [2.45, 2.75) is 71.6 Å². The maximum absolute atomic E-state index is 14.6.